The number of carbonyl (C=O) groups excluding carboxylic acids is 1. The first-order chi connectivity index (χ1) is 8.69. The number of rotatable bonds is 3. The summed E-state index contributed by atoms with van der Waals surface area (Å²) in [4.78, 5) is 11.6. The van der Waals surface area contributed by atoms with Crippen LogP contribution in [0.1, 0.15) is 23.0 Å². The van der Waals surface area contributed by atoms with Crippen LogP contribution in [0.3, 0.4) is 0 Å². The molecule has 2 aromatic rings. The first kappa shape index (κ1) is 12.2. The van der Waals surface area contributed by atoms with Crippen molar-refractivity contribution < 1.29 is 18.7 Å². The van der Waals surface area contributed by atoms with Gasteiger partial charge in [0.25, 0.3) is 0 Å². The summed E-state index contributed by atoms with van der Waals surface area (Å²) in [5, 5.41) is 0.788. The Morgan fingerprint density at radius 1 is 1.39 bits per heavy atom. The molecule has 1 heterocycles. The molecule has 4 nitrogen and oxygen atoms in total. The molecule has 0 amide bonds. The molecule has 0 saturated carbocycles. The van der Waals surface area contributed by atoms with Crippen molar-refractivity contribution in [3.63, 3.8) is 0 Å². The Balaban J connectivity index is 2.61. The van der Waals surface area contributed by atoms with Crippen LogP contribution in [0.15, 0.2) is 35.0 Å². The number of hydrogen-bond donors (Lipinski definition) is 0. The lowest BCUT2D eigenvalue weighted by molar-refractivity contribution is 0.0566. The number of carbonyl (C=O) groups is 1. The van der Waals surface area contributed by atoms with Crippen molar-refractivity contribution in [3.8, 4) is 5.75 Å². The summed E-state index contributed by atoms with van der Waals surface area (Å²) >= 11 is 0. The average Bonchev–Trinajstić information content (AvgIpc) is 2.73. The van der Waals surface area contributed by atoms with Gasteiger partial charge in [0.15, 0.2) is 0 Å². The molecular weight excluding hydrogens is 232 g/mol. The zero-order valence-electron chi connectivity index (χ0n) is 10.5. The van der Waals surface area contributed by atoms with Crippen LogP contribution in [0.2, 0.25) is 0 Å². The molecule has 0 atom stereocenters. The minimum Gasteiger partial charge on any atom is -0.465 e. The number of furan rings is 1. The van der Waals surface area contributed by atoms with Gasteiger partial charge in [-0.05, 0) is 26.0 Å². The van der Waals surface area contributed by atoms with E-state index in [0.717, 1.165) is 10.9 Å². The Morgan fingerprint density at radius 2 is 2.17 bits per heavy atom. The van der Waals surface area contributed by atoms with Crippen molar-refractivity contribution in [2.45, 2.75) is 13.8 Å². The first-order valence-electron chi connectivity index (χ1n) is 5.57. The molecule has 4 heteroatoms. The van der Waals surface area contributed by atoms with Crippen molar-refractivity contribution in [1.29, 1.82) is 0 Å². The van der Waals surface area contributed by atoms with Crippen molar-refractivity contribution >= 4 is 16.9 Å². The van der Waals surface area contributed by atoms with Gasteiger partial charge in [0, 0.05) is 5.56 Å². The highest BCUT2D eigenvalue weighted by Crippen LogP contribution is 2.33. The van der Waals surface area contributed by atoms with Crippen LogP contribution in [-0.2, 0) is 4.74 Å². The van der Waals surface area contributed by atoms with E-state index in [2.05, 4.69) is 4.74 Å². The van der Waals surface area contributed by atoms with Gasteiger partial charge in [-0.1, -0.05) is 12.1 Å². The largest absolute Gasteiger partial charge is 0.465 e. The first-order valence-corrected chi connectivity index (χ1v) is 5.57. The standard InChI is InChI=1S/C14H14O4/c1-4-8-17-10-6-5-7-11-12(10)9(2)13(18-11)14(15)16-3/h4-8H,1-3H3/b8-4+. The predicted molar refractivity (Wildman–Crippen MR) is 67.7 cm³/mol. The van der Waals surface area contributed by atoms with Crippen LogP contribution in [0, 0.1) is 6.92 Å². The van der Waals surface area contributed by atoms with Gasteiger partial charge in [-0.2, -0.15) is 0 Å². The maximum Gasteiger partial charge on any atom is 0.374 e. The van der Waals surface area contributed by atoms with Crippen LogP contribution >= 0.6 is 0 Å². The number of aryl methyl sites for hydroxylation is 1. The summed E-state index contributed by atoms with van der Waals surface area (Å²) in [5.74, 6) is 0.381. The van der Waals surface area contributed by atoms with Gasteiger partial charge in [0.05, 0.1) is 18.8 Å². The van der Waals surface area contributed by atoms with Crippen molar-refractivity contribution in [2.75, 3.05) is 7.11 Å². The monoisotopic (exact) mass is 246 g/mol. The molecule has 2 rings (SSSR count). The molecule has 0 spiro atoms. The number of benzene rings is 1. The van der Waals surface area contributed by atoms with Gasteiger partial charge in [-0.3, -0.25) is 0 Å². The molecule has 0 radical (unpaired) electrons. The summed E-state index contributed by atoms with van der Waals surface area (Å²) in [6.07, 6.45) is 3.37. The fourth-order valence-electron chi connectivity index (χ4n) is 1.79. The molecular formula is C14H14O4. The lowest BCUT2D eigenvalue weighted by Gasteiger charge is -2.01. The van der Waals surface area contributed by atoms with E-state index in [1.54, 1.807) is 25.3 Å². The summed E-state index contributed by atoms with van der Waals surface area (Å²) in [6.45, 7) is 3.67. The van der Waals surface area contributed by atoms with Gasteiger partial charge in [-0.15, -0.1) is 0 Å². The average molecular weight is 246 g/mol. The molecule has 0 aliphatic carbocycles. The zero-order valence-corrected chi connectivity index (χ0v) is 10.5. The number of hydrogen-bond acceptors (Lipinski definition) is 4. The van der Waals surface area contributed by atoms with Crippen molar-refractivity contribution in [3.05, 3.63) is 41.9 Å². The summed E-state index contributed by atoms with van der Waals surface area (Å²) in [6, 6.07) is 5.42. The second-order valence-corrected chi connectivity index (χ2v) is 3.76. The normalized spacial score (nSPS) is 11.1. The van der Waals surface area contributed by atoms with Crippen molar-refractivity contribution in [1.82, 2.24) is 0 Å². The van der Waals surface area contributed by atoms with Crippen LogP contribution in [0.4, 0.5) is 0 Å². The highest BCUT2D eigenvalue weighted by molar-refractivity contribution is 5.98. The number of methoxy groups -OCH3 is 1. The minimum absolute atomic E-state index is 0.212. The second-order valence-electron chi connectivity index (χ2n) is 3.76. The Kier molecular flexibility index (Phi) is 3.37. The quantitative estimate of drug-likeness (QED) is 0.614. The number of ether oxygens (including phenoxy) is 2. The molecule has 0 fully saturated rings. The van der Waals surface area contributed by atoms with E-state index >= 15 is 0 Å². The van der Waals surface area contributed by atoms with E-state index in [1.807, 2.05) is 19.1 Å². The fourth-order valence-corrected chi connectivity index (χ4v) is 1.79. The molecule has 0 saturated heterocycles. The smallest absolute Gasteiger partial charge is 0.374 e. The Hall–Kier alpha value is -2.23. The molecule has 1 aromatic carbocycles. The van der Waals surface area contributed by atoms with Crippen LogP contribution < -0.4 is 4.74 Å². The van der Waals surface area contributed by atoms with Gasteiger partial charge in [-0.25, -0.2) is 4.79 Å². The molecule has 94 valence electrons. The summed E-state index contributed by atoms with van der Waals surface area (Å²) in [7, 11) is 1.33. The maximum atomic E-state index is 11.6. The van der Waals surface area contributed by atoms with E-state index in [0.29, 0.717) is 11.3 Å². The van der Waals surface area contributed by atoms with E-state index in [1.165, 1.54) is 7.11 Å². The zero-order chi connectivity index (χ0) is 13.1. The molecule has 0 N–H and O–H groups in total. The third-order valence-corrected chi connectivity index (χ3v) is 2.62. The van der Waals surface area contributed by atoms with Crippen molar-refractivity contribution in [2.24, 2.45) is 0 Å². The van der Waals surface area contributed by atoms with Crippen LogP contribution in [0.25, 0.3) is 11.0 Å². The predicted octanol–water partition coefficient (Wildman–Crippen LogP) is 3.44. The Morgan fingerprint density at radius 3 is 2.83 bits per heavy atom. The fraction of sp³-hybridized carbons (Fsp3) is 0.214. The van der Waals surface area contributed by atoms with Gasteiger partial charge in [0.1, 0.15) is 11.3 Å². The highest BCUT2D eigenvalue weighted by Gasteiger charge is 2.20. The molecule has 1 aromatic heterocycles. The lowest BCUT2D eigenvalue weighted by Crippen LogP contribution is -2.00. The molecule has 18 heavy (non-hydrogen) atoms. The van der Waals surface area contributed by atoms with E-state index in [-0.39, 0.29) is 5.76 Å². The minimum atomic E-state index is -0.485. The van der Waals surface area contributed by atoms with Gasteiger partial charge in [0.2, 0.25) is 5.76 Å². The van der Waals surface area contributed by atoms with E-state index in [4.69, 9.17) is 9.15 Å². The highest BCUT2D eigenvalue weighted by atomic mass is 16.5. The summed E-state index contributed by atoms with van der Waals surface area (Å²) in [5.41, 5.74) is 1.33. The molecule has 0 unspecified atom stereocenters. The SMILES string of the molecule is C/C=C/Oc1cccc2oc(C(=O)OC)c(C)c12. The lowest BCUT2D eigenvalue weighted by atomic mass is 10.1. The van der Waals surface area contributed by atoms with E-state index < -0.39 is 5.97 Å². The molecule has 0 aliphatic rings. The number of fused-ring (bicyclic) bond motifs is 1. The third-order valence-electron chi connectivity index (χ3n) is 2.62. The van der Waals surface area contributed by atoms with Gasteiger partial charge < -0.3 is 13.9 Å². The second kappa shape index (κ2) is 4.96. The topological polar surface area (TPSA) is 48.7 Å². The van der Waals surface area contributed by atoms with Gasteiger partial charge >= 0.3 is 5.97 Å². The summed E-state index contributed by atoms with van der Waals surface area (Å²) < 4.78 is 15.7. The Labute approximate surface area is 105 Å². The number of allylic oxidation sites excluding steroid dienone is 1. The number of esters is 1. The Bertz CT molecular complexity index is 608. The van der Waals surface area contributed by atoms with Crippen LogP contribution in [0.5, 0.6) is 5.75 Å². The van der Waals surface area contributed by atoms with E-state index in [9.17, 15) is 4.79 Å². The molecule has 0 aliphatic heterocycles. The molecule has 0 bridgehead atoms. The van der Waals surface area contributed by atoms with Crippen LogP contribution in [-0.4, -0.2) is 13.1 Å². The third kappa shape index (κ3) is 1.97. The maximum absolute atomic E-state index is 11.6.